The van der Waals surface area contributed by atoms with E-state index in [2.05, 4.69) is 16.3 Å². The molecule has 0 spiro atoms. The molecule has 1 aliphatic carbocycles. The number of carbonyl (C=O) groups excluding carboxylic acids is 2. The maximum atomic E-state index is 13.1. The van der Waals surface area contributed by atoms with Gasteiger partial charge in [0.1, 0.15) is 23.5 Å². The van der Waals surface area contributed by atoms with Crippen LogP contribution in [0.4, 0.5) is 21.6 Å². The molecule has 3 aliphatic rings. The number of likely N-dealkylation sites (N-methyl/N-ethyl adjacent to an activating group) is 1. The van der Waals surface area contributed by atoms with Gasteiger partial charge in [0.25, 0.3) is 0 Å². The summed E-state index contributed by atoms with van der Waals surface area (Å²) in [6.07, 6.45) is 6.19. The van der Waals surface area contributed by atoms with Crippen molar-refractivity contribution in [2.24, 2.45) is 11.8 Å². The summed E-state index contributed by atoms with van der Waals surface area (Å²) in [6.45, 7) is 3.72. The number of amides is 1. The summed E-state index contributed by atoms with van der Waals surface area (Å²) in [4.78, 5) is 34.2. The Morgan fingerprint density at radius 3 is 2.62 bits per heavy atom. The smallest absolute Gasteiger partial charge is 0.249 e. The number of hydrogen-bond donors (Lipinski definition) is 1. The summed E-state index contributed by atoms with van der Waals surface area (Å²) in [5.41, 5.74) is 3.79. The van der Waals surface area contributed by atoms with Crippen LogP contribution < -0.4 is 15.1 Å². The number of pyridine rings is 1. The Balaban J connectivity index is 1.17. The minimum atomic E-state index is -0.270. The molecule has 6 nitrogen and oxygen atoms in total. The Labute approximate surface area is 200 Å². The van der Waals surface area contributed by atoms with Gasteiger partial charge in [-0.15, -0.1) is 0 Å². The van der Waals surface area contributed by atoms with E-state index in [9.17, 15) is 14.0 Å². The molecular weight excluding hydrogens is 431 g/mol. The van der Waals surface area contributed by atoms with Crippen LogP contribution in [-0.4, -0.2) is 42.9 Å². The summed E-state index contributed by atoms with van der Waals surface area (Å²) in [6, 6.07) is 8.29. The summed E-state index contributed by atoms with van der Waals surface area (Å²) in [5, 5.41) is 3.54. The van der Waals surface area contributed by atoms with Crippen LogP contribution >= 0.6 is 0 Å². The number of hydrogen-bond acceptors (Lipinski definition) is 5. The van der Waals surface area contributed by atoms with Crippen LogP contribution in [0.3, 0.4) is 0 Å². The topological polar surface area (TPSA) is 65.5 Å². The molecule has 2 aromatic rings. The predicted octanol–water partition coefficient (Wildman–Crippen LogP) is 4.50. The van der Waals surface area contributed by atoms with Crippen molar-refractivity contribution in [3.8, 4) is 0 Å². The fraction of sp³-hybridized carbons (Fsp3) is 0.519. The molecule has 1 atom stereocenters. The fourth-order valence-electron chi connectivity index (χ4n) is 5.90. The third-order valence-electron chi connectivity index (χ3n) is 7.83. The van der Waals surface area contributed by atoms with Gasteiger partial charge in [-0.3, -0.25) is 9.59 Å². The number of nitrogens with one attached hydrogen (secondary N) is 1. The number of rotatable bonds is 6. The first-order valence-corrected chi connectivity index (χ1v) is 12.5. The molecule has 7 heteroatoms. The zero-order valence-electron chi connectivity index (χ0n) is 20.0. The second-order valence-electron chi connectivity index (χ2n) is 10.1. The molecule has 1 aromatic heterocycles. The average Bonchev–Trinajstić information content (AvgIpc) is 3.33. The molecule has 1 saturated heterocycles. The highest BCUT2D eigenvalue weighted by Crippen LogP contribution is 2.42. The molecule has 180 valence electrons. The highest BCUT2D eigenvalue weighted by molar-refractivity contribution is 6.06. The molecule has 34 heavy (non-hydrogen) atoms. The van der Waals surface area contributed by atoms with Gasteiger partial charge in [-0.2, -0.15) is 0 Å². The number of Topliss-reactive ketones (excluding diaryl/α,β-unsaturated/α-hetero) is 1. The van der Waals surface area contributed by atoms with Crippen LogP contribution in [0.15, 0.2) is 30.3 Å². The van der Waals surface area contributed by atoms with Gasteiger partial charge in [0.05, 0.1) is 17.1 Å². The van der Waals surface area contributed by atoms with Crippen molar-refractivity contribution in [3.05, 3.63) is 47.4 Å². The maximum Gasteiger partial charge on any atom is 0.249 e. The number of halogens is 1. The number of aromatic nitrogens is 1. The lowest BCUT2D eigenvalue weighted by Crippen LogP contribution is -2.49. The van der Waals surface area contributed by atoms with Crippen LogP contribution in [0, 0.1) is 24.6 Å². The van der Waals surface area contributed by atoms with E-state index in [1.54, 1.807) is 17.0 Å². The Kier molecular flexibility index (Phi) is 6.28. The van der Waals surface area contributed by atoms with Gasteiger partial charge < -0.3 is 15.1 Å². The van der Waals surface area contributed by atoms with E-state index in [1.807, 2.05) is 14.0 Å². The van der Waals surface area contributed by atoms with E-state index >= 15 is 0 Å². The number of nitrogens with zero attached hydrogens (tertiary/aromatic N) is 3. The summed E-state index contributed by atoms with van der Waals surface area (Å²) < 4.78 is 13.1. The molecule has 2 fully saturated rings. The Hall–Kier alpha value is -2.96. The number of benzene rings is 1. The monoisotopic (exact) mass is 464 g/mol. The first-order chi connectivity index (χ1) is 16.4. The Bertz CT molecular complexity index is 1080. The second kappa shape index (κ2) is 9.35. The zero-order chi connectivity index (χ0) is 23.8. The number of fused-ring (bicyclic) bond motifs is 3. The minimum Gasteiger partial charge on any atom is -0.370 e. The van der Waals surface area contributed by atoms with Crippen molar-refractivity contribution >= 4 is 28.9 Å². The van der Waals surface area contributed by atoms with Gasteiger partial charge in [-0.1, -0.05) is 12.1 Å². The van der Waals surface area contributed by atoms with E-state index < -0.39 is 0 Å². The van der Waals surface area contributed by atoms with E-state index in [0.29, 0.717) is 12.3 Å². The lowest BCUT2D eigenvalue weighted by atomic mass is 9.79. The van der Waals surface area contributed by atoms with E-state index in [-0.39, 0.29) is 29.5 Å². The normalized spacial score (nSPS) is 24.1. The minimum absolute atomic E-state index is 0.0464. The largest absolute Gasteiger partial charge is 0.370 e. The molecular formula is C27H33FN4O2. The van der Waals surface area contributed by atoms with Gasteiger partial charge in [0.15, 0.2) is 0 Å². The number of aryl methyl sites for hydroxylation is 1. The summed E-state index contributed by atoms with van der Waals surface area (Å²) >= 11 is 0. The first kappa shape index (κ1) is 22.8. The molecule has 1 amide bonds. The van der Waals surface area contributed by atoms with Crippen LogP contribution in [0.5, 0.6) is 0 Å². The highest BCUT2D eigenvalue weighted by atomic mass is 19.1. The SMILES string of the molecule is Cc1nc(NCC2CCC(C(=O)Cc3ccc(F)cc3)CC2)cc2c1N(C)C(=O)[C@@H]1CCCN21. The average molecular weight is 465 g/mol. The fourth-order valence-corrected chi connectivity index (χ4v) is 5.90. The number of anilines is 3. The molecule has 1 saturated carbocycles. The van der Waals surface area contributed by atoms with Crippen molar-refractivity contribution in [3.63, 3.8) is 0 Å². The molecule has 0 bridgehead atoms. The van der Waals surface area contributed by atoms with E-state index in [0.717, 1.165) is 80.1 Å². The Morgan fingerprint density at radius 1 is 1.15 bits per heavy atom. The quantitative estimate of drug-likeness (QED) is 0.682. The van der Waals surface area contributed by atoms with Crippen LogP contribution in [0.2, 0.25) is 0 Å². The van der Waals surface area contributed by atoms with Gasteiger partial charge >= 0.3 is 0 Å². The highest BCUT2D eigenvalue weighted by Gasteiger charge is 2.40. The van der Waals surface area contributed by atoms with Crippen molar-refractivity contribution in [1.29, 1.82) is 0 Å². The predicted molar refractivity (Wildman–Crippen MR) is 132 cm³/mol. The molecule has 2 aliphatic heterocycles. The third kappa shape index (κ3) is 4.40. The van der Waals surface area contributed by atoms with E-state index in [4.69, 9.17) is 4.98 Å². The van der Waals surface area contributed by atoms with Gasteiger partial charge in [0.2, 0.25) is 5.91 Å². The van der Waals surface area contributed by atoms with Crippen LogP contribution in [0.1, 0.15) is 49.8 Å². The first-order valence-electron chi connectivity index (χ1n) is 12.5. The maximum absolute atomic E-state index is 13.1. The third-order valence-corrected chi connectivity index (χ3v) is 7.83. The second-order valence-corrected chi connectivity index (χ2v) is 10.1. The summed E-state index contributed by atoms with van der Waals surface area (Å²) in [5.74, 6) is 1.64. The van der Waals surface area contributed by atoms with Crippen LogP contribution in [0.25, 0.3) is 0 Å². The standard InChI is InChI=1S/C27H33FN4O2/c1-17-26-23(32-13-3-4-22(32)27(34)31(26)2)15-25(30-17)29-16-19-5-9-20(10-6-19)24(33)14-18-7-11-21(28)12-8-18/h7-8,11-12,15,19-20,22H,3-6,9-10,13-14,16H2,1-2H3,(H,29,30)/t19?,20?,22-/m0/s1. The lowest BCUT2D eigenvalue weighted by molar-refractivity contribution is -0.123. The number of ketones is 1. The number of carbonyl (C=O) groups is 2. The van der Waals surface area contributed by atoms with Gasteiger partial charge in [-0.05, 0) is 69.1 Å². The van der Waals surface area contributed by atoms with Gasteiger partial charge in [0, 0.05) is 38.5 Å². The van der Waals surface area contributed by atoms with E-state index in [1.165, 1.54) is 12.1 Å². The molecule has 5 rings (SSSR count). The van der Waals surface area contributed by atoms with Crippen molar-refractivity contribution in [1.82, 2.24) is 4.98 Å². The molecule has 0 unspecified atom stereocenters. The van der Waals surface area contributed by atoms with Crippen molar-refractivity contribution in [2.45, 2.75) is 57.9 Å². The molecule has 1 aromatic carbocycles. The lowest BCUT2D eigenvalue weighted by Gasteiger charge is -2.38. The molecule has 1 N–H and O–H groups in total. The summed E-state index contributed by atoms with van der Waals surface area (Å²) in [7, 11) is 1.86. The molecule has 3 heterocycles. The van der Waals surface area contributed by atoms with Crippen molar-refractivity contribution < 1.29 is 14.0 Å². The van der Waals surface area contributed by atoms with Crippen molar-refractivity contribution in [2.75, 3.05) is 35.3 Å². The zero-order valence-corrected chi connectivity index (χ0v) is 20.0. The molecule has 0 radical (unpaired) electrons. The van der Waals surface area contributed by atoms with Crippen LogP contribution in [-0.2, 0) is 16.0 Å². The van der Waals surface area contributed by atoms with Gasteiger partial charge in [-0.25, -0.2) is 9.37 Å². The Morgan fingerprint density at radius 2 is 1.88 bits per heavy atom.